The van der Waals surface area contributed by atoms with Crippen molar-refractivity contribution in [2.45, 2.75) is 26.2 Å². The minimum absolute atomic E-state index is 0.424. The molecule has 1 aromatic rings. The topological polar surface area (TPSA) is 59.1 Å². The average Bonchev–Trinajstić information content (AvgIpc) is 3.16. The van der Waals surface area contributed by atoms with E-state index in [9.17, 15) is 0 Å². The molecular formula is C13H22N4O. The summed E-state index contributed by atoms with van der Waals surface area (Å²) in [6.45, 7) is 3.83. The predicted molar refractivity (Wildman–Crippen MR) is 73.0 cm³/mol. The summed E-state index contributed by atoms with van der Waals surface area (Å²) in [4.78, 5) is 8.62. The highest BCUT2D eigenvalue weighted by molar-refractivity contribution is 5.46. The van der Waals surface area contributed by atoms with Gasteiger partial charge in [-0.15, -0.1) is 0 Å². The first-order valence-corrected chi connectivity index (χ1v) is 6.43. The molecule has 1 heterocycles. The van der Waals surface area contributed by atoms with E-state index in [1.165, 1.54) is 12.8 Å². The number of hydrogen-bond donors (Lipinski definition) is 2. The van der Waals surface area contributed by atoms with E-state index in [1.54, 1.807) is 7.11 Å². The second-order valence-corrected chi connectivity index (χ2v) is 5.07. The number of nitrogens with zero attached hydrogens (tertiary/aromatic N) is 2. The highest BCUT2D eigenvalue weighted by Gasteiger charge is 2.41. The van der Waals surface area contributed by atoms with Crippen molar-refractivity contribution in [1.82, 2.24) is 9.97 Å². The standard InChI is InChI=1S/C13H22N4O/c1-10-8-15-12(14-2)17-11(10)16-9-13(4-5-13)6-7-18-3/h8H,4-7,9H2,1-3H3,(H2,14,15,16,17). The number of anilines is 2. The fourth-order valence-electron chi connectivity index (χ4n) is 2.02. The summed E-state index contributed by atoms with van der Waals surface area (Å²) in [6, 6.07) is 0. The predicted octanol–water partition coefficient (Wildman–Crippen LogP) is 2.06. The van der Waals surface area contributed by atoms with Crippen LogP contribution in [0.2, 0.25) is 0 Å². The Morgan fingerprint density at radius 3 is 2.83 bits per heavy atom. The van der Waals surface area contributed by atoms with Crippen molar-refractivity contribution < 1.29 is 4.74 Å². The van der Waals surface area contributed by atoms with E-state index in [-0.39, 0.29) is 0 Å². The summed E-state index contributed by atoms with van der Waals surface area (Å²) in [5, 5.41) is 6.41. The summed E-state index contributed by atoms with van der Waals surface area (Å²) < 4.78 is 5.17. The van der Waals surface area contributed by atoms with Gasteiger partial charge in [-0.1, -0.05) is 0 Å². The molecule has 1 fully saturated rings. The summed E-state index contributed by atoms with van der Waals surface area (Å²) in [7, 11) is 3.59. The summed E-state index contributed by atoms with van der Waals surface area (Å²) in [6.07, 6.45) is 5.54. The molecule has 0 aliphatic heterocycles. The van der Waals surface area contributed by atoms with Gasteiger partial charge in [0, 0.05) is 39.1 Å². The van der Waals surface area contributed by atoms with Gasteiger partial charge in [-0.2, -0.15) is 4.98 Å². The molecule has 2 rings (SSSR count). The molecule has 0 amide bonds. The maximum absolute atomic E-state index is 5.17. The number of rotatable bonds is 7. The van der Waals surface area contributed by atoms with E-state index in [0.29, 0.717) is 11.4 Å². The third kappa shape index (κ3) is 3.10. The van der Waals surface area contributed by atoms with Crippen LogP contribution in [0.3, 0.4) is 0 Å². The maximum atomic E-state index is 5.17. The molecule has 100 valence electrons. The van der Waals surface area contributed by atoms with Gasteiger partial charge < -0.3 is 15.4 Å². The quantitative estimate of drug-likeness (QED) is 0.775. The van der Waals surface area contributed by atoms with Gasteiger partial charge in [0.05, 0.1) is 0 Å². The van der Waals surface area contributed by atoms with Crippen LogP contribution in [0.4, 0.5) is 11.8 Å². The van der Waals surface area contributed by atoms with Crippen molar-refractivity contribution >= 4 is 11.8 Å². The average molecular weight is 250 g/mol. The Kier molecular flexibility index (Phi) is 4.01. The van der Waals surface area contributed by atoms with E-state index in [0.717, 1.165) is 31.0 Å². The lowest BCUT2D eigenvalue weighted by Crippen LogP contribution is -2.18. The van der Waals surface area contributed by atoms with Crippen LogP contribution < -0.4 is 10.6 Å². The fourth-order valence-corrected chi connectivity index (χ4v) is 2.02. The molecule has 1 aliphatic rings. The molecule has 5 nitrogen and oxygen atoms in total. The Labute approximate surface area is 108 Å². The van der Waals surface area contributed by atoms with Gasteiger partial charge >= 0.3 is 0 Å². The number of methoxy groups -OCH3 is 1. The first-order chi connectivity index (χ1) is 8.69. The van der Waals surface area contributed by atoms with Crippen LogP contribution >= 0.6 is 0 Å². The van der Waals surface area contributed by atoms with Crippen molar-refractivity contribution in [3.63, 3.8) is 0 Å². The maximum Gasteiger partial charge on any atom is 0.224 e. The molecule has 2 N–H and O–H groups in total. The van der Waals surface area contributed by atoms with Gasteiger partial charge in [0.25, 0.3) is 0 Å². The van der Waals surface area contributed by atoms with E-state index < -0.39 is 0 Å². The zero-order chi connectivity index (χ0) is 13.0. The second kappa shape index (κ2) is 5.52. The summed E-state index contributed by atoms with van der Waals surface area (Å²) >= 11 is 0. The molecule has 0 bridgehead atoms. The van der Waals surface area contributed by atoms with Gasteiger partial charge in [-0.05, 0) is 31.6 Å². The third-order valence-corrected chi connectivity index (χ3v) is 3.62. The smallest absolute Gasteiger partial charge is 0.224 e. The molecular weight excluding hydrogens is 228 g/mol. The molecule has 5 heteroatoms. The molecule has 18 heavy (non-hydrogen) atoms. The minimum Gasteiger partial charge on any atom is -0.385 e. The lowest BCUT2D eigenvalue weighted by molar-refractivity contribution is 0.175. The largest absolute Gasteiger partial charge is 0.385 e. The Bertz CT molecular complexity index is 404. The molecule has 1 saturated carbocycles. The number of aromatic nitrogens is 2. The SMILES string of the molecule is CNc1ncc(C)c(NCC2(CCOC)CC2)n1. The molecule has 0 saturated heterocycles. The first kappa shape index (κ1) is 13.1. The fraction of sp³-hybridized carbons (Fsp3) is 0.692. The molecule has 0 aromatic carbocycles. The van der Waals surface area contributed by atoms with Crippen molar-refractivity contribution in [1.29, 1.82) is 0 Å². The van der Waals surface area contributed by atoms with Crippen molar-refractivity contribution in [2.24, 2.45) is 5.41 Å². The number of hydrogen-bond acceptors (Lipinski definition) is 5. The van der Waals surface area contributed by atoms with Crippen LogP contribution in [0, 0.1) is 12.3 Å². The highest BCUT2D eigenvalue weighted by atomic mass is 16.5. The molecule has 0 radical (unpaired) electrons. The Hall–Kier alpha value is -1.36. The summed E-state index contributed by atoms with van der Waals surface area (Å²) in [5.74, 6) is 1.59. The van der Waals surface area contributed by atoms with Crippen LogP contribution in [0.25, 0.3) is 0 Å². The van der Waals surface area contributed by atoms with Gasteiger partial charge in [-0.3, -0.25) is 0 Å². The van der Waals surface area contributed by atoms with E-state index >= 15 is 0 Å². The Morgan fingerprint density at radius 1 is 1.44 bits per heavy atom. The van der Waals surface area contributed by atoms with Crippen LogP contribution in [0.15, 0.2) is 6.20 Å². The lowest BCUT2D eigenvalue weighted by Gasteiger charge is -2.17. The zero-order valence-corrected chi connectivity index (χ0v) is 11.4. The Morgan fingerprint density at radius 2 is 2.22 bits per heavy atom. The molecule has 1 aliphatic carbocycles. The molecule has 0 atom stereocenters. The minimum atomic E-state index is 0.424. The third-order valence-electron chi connectivity index (χ3n) is 3.62. The molecule has 1 aromatic heterocycles. The number of aryl methyl sites for hydroxylation is 1. The van der Waals surface area contributed by atoms with Crippen LogP contribution in [-0.2, 0) is 4.74 Å². The second-order valence-electron chi connectivity index (χ2n) is 5.07. The van der Waals surface area contributed by atoms with Crippen molar-refractivity contribution in [3.8, 4) is 0 Å². The van der Waals surface area contributed by atoms with Crippen LogP contribution in [0.5, 0.6) is 0 Å². The monoisotopic (exact) mass is 250 g/mol. The van der Waals surface area contributed by atoms with E-state index in [1.807, 2.05) is 20.2 Å². The lowest BCUT2D eigenvalue weighted by atomic mass is 10.0. The zero-order valence-electron chi connectivity index (χ0n) is 11.4. The molecule has 0 spiro atoms. The van der Waals surface area contributed by atoms with E-state index in [2.05, 4.69) is 20.6 Å². The van der Waals surface area contributed by atoms with Crippen LogP contribution in [-0.4, -0.2) is 37.3 Å². The van der Waals surface area contributed by atoms with Crippen molar-refractivity contribution in [2.75, 3.05) is 37.9 Å². The van der Waals surface area contributed by atoms with Gasteiger partial charge in [-0.25, -0.2) is 4.98 Å². The summed E-state index contributed by atoms with van der Waals surface area (Å²) in [5.41, 5.74) is 1.50. The molecule has 0 unspecified atom stereocenters. The van der Waals surface area contributed by atoms with Gasteiger partial charge in [0.2, 0.25) is 5.95 Å². The highest BCUT2D eigenvalue weighted by Crippen LogP contribution is 2.48. The number of ether oxygens (including phenoxy) is 1. The normalized spacial score (nSPS) is 16.4. The number of nitrogens with one attached hydrogen (secondary N) is 2. The van der Waals surface area contributed by atoms with Gasteiger partial charge in [0.1, 0.15) is 5.82 Å². The van der Waals surface area contributed by atoms with E-state index in [4.69, 9.17) is 4.74 Å². The van der Waals surface area contributed by atoms with Gasteiger partial charge in [0.15, 0.2) is 0 Å². The van der Waals surface area contributed by atoms with Crippen LogP contribution in [0.1, 0.15) is 24.8 Å². The first-order valence-electron chi connectivity index (χ1n) is 6.43. The van der Waals surface area contributed by atoms with Crippen molar-refractivity contribution in [3.05, 3.63) is 11.8 Å². The Balaban J connectivity index is 1.93.